The summed E-state index contributed by atoms with van der Waals surface area (Å²) in [4.78, 5) is 20.6. The lowest BCUT2D eigenvalue weighted by Gasteiger charge is -2.72. The highest BCUT2D eigenvalue weighted by Gasteiger charge is 2.70. The van der Waals surface area contributed by atoms with E-state index < -0.39 is 5.97 Å². The van der Waals surface area contributed by atoms with E-state index in [1.165, 1.54) is 68.1 Å². The number of hydroxylamine groups is 1. The van der Waals surface area contributed by atoms with Crippen LogP contribution in [0.15, 0.2) is 42.5 Å². The molecule has 1 aromatic rings. The van der Waals surface area contributed by atoms with Crippen LogP contribution < -0.4 is 5.48 Å². The van der Waals surface area contributed by atoms with Crippen molar-refractivity contribution in [2.24, 2.45) is 56.7 Å². The Morgan fingerprint density at radius 3 is 2.22 bits per heavy atom. The molecule has 0 spiro atoms. The second-order valence-corrected chi connectivity index (χ2v) is 19.6. The van der Waals surface area contributed by atoms with Gasteiger partial charge in [-0.25, -0.2) is 10.3 Å². The van der Waals surface area contributed by atoms with Gasteiger partial charge in [0.25, 0.3) is 0 Å². The van der Waals surface area contributed by atoms with Crippen molar-refractivity contribution in [3.05, 3.63) is 53.6 Å². The number of rotatable bonds is 11. The molecular formula is C45H70N2O3. The minimum absolute atomic E-state index is 0.0285. The van der Waals surface area contributed by atoms with Crippen LogP contribution in [0.3, 0.4) is 0 Å². The average molecular weight is 687 g/mol. The molecule has 1 aromatic carbocycles. The zero-order valence-corrected chi connectivity index (χ0v) is 33.3. The zero-order chi connectivity index (χ0) is 36.4. The lowest BCUT2D eigenvalue weighted by molar-refractivity contribution is -0.231. The van der Waals surface area contributed by atoms with Crippen LogP contribution in [0.2, 0.25) is 0 Å². The Bertz CT molecular complexity index is 1450. The molecule has 0 aliphatic heterocycles. The fourth-order valence-electron chi connectivity index (χ4n) is 14.0. The molecular weight excluding hydrogens is 617 g/mol. The standard InChI is InChI=1S/C45H70N2O3/c1-29(2)34-18-23-45(28-50-46-26-27-47(30(3)4)31(5)6)25-24-43(10)36(39(34)45)16-17-38-42(9)21-19-35(32-12-14-33(15-13-32)40(48)49)41(7,8)37(42)20-22-44(38,43)11/h12-15,19,30-31,34,36-39,46H,1,16-18,20-28H2,2-11H3,(H,48,49)/t34-,36?,37?,38?,39?,42-,43+,44+,45+/m0/s1. The number of aromatic carboxylic acids is 1. The van der Waals surface area contributed by atoms with Crippen LogP contribution in [0.1, 0.15) is 143 Å². The summed E-state index contributed by atoms with van der Waals surface area (Å²) in [7, 11) is 0. The monoisotopic (exact) mass is 687 g/mol. The van der Waals surface area contributed by atoms with Gasteiger partial charge in [-0.2, -0.15) is 0 Å². The maximum absolute atomic E-state index is 11.6. The second kappa shape index (κ2) is 13.5. The summed E-state index contributed by atoms with van der Waals surface area (Å²) >= 11 is 0. The van der Waals surface area contributed by atoms with Crippen LogP contribution in [0, 0.1) is 56.7 Å². The number of benzene rings is 1. The minimum atomic E-state index is -0.858. The van der Waals surface area contributed by atoms with Gasteiger partial charge in [0.1, 0.15) is 0 Å². The molecule has 5 nitrogen and oxygen atoms in total. The van der Waals surface area contributed by atoms with Gasteiger partial charge in [0.05, 0.1) is 12.2 Å². The van der Waals surface area contributed by atoms with Gasteiger partial charge in [-0.05, 0) is 172 Å². The van der Waals surface area contributed by atoms with E-state index >= 15 is 0 Å². The summed E-state index contributed by atoms with van der Waals surface area (Å²) in [6.45, 7) is 31.8. The average Bonchev–Trinajstić information content (AvgIpc) is 3.42. The number of nitrogens with one attached hydrogen (secondary N) is 1. The van der Waals surface area contributed by atoms with Crippen LogP contribution in [-0.2, 0) is 4.84 Å². The first-order valence-electron chi connectivity index (χ1n) is 20.2. The number of carbonyl (C=O) groups is 1. The molecule has 9 atom stereocenters. The number of hydrogen-bond donors (Lipinski definition) is 2. The van der Waals surface area contributed by atoms with Crippen molar-refractivity contribution in [3.63, 3.8) is 0 Å². The molecule has 0 radical (unpaired) electrons. The Hall–Kier alpha value is -1.95. The first kappa shape index (κ1) is 37.8. The molecule has 0 aromatic heterocycles. The SMILES string of the molecule is C=C(C)[C@@H]1CC[C@]2(CONCCN(C(C)C)C(C)C)CC[C@]3(C)C(CCC4[C@@]5(C)CC=C(c6ccc(C(=O)O)cc6)C(C)(C)C5CC[C@]43C)C12. The van der Waals surface area contributed by atoms with Gasteiger partial charge in [-0.1, -0.05) is 65.0 Å². The van der Waals surface area contributed by atoms with E-state index in [-0.39, 0.29) is 16.2 Å². The third kappa shape index (κ3) is 5.88. The maximum Gasteiger partial charge on any atom is 0.335 e. The van der Waals surface area contributed by atoms with Crippen LogP contribution in [-0.4, -0.2) is 47.8 Å². The molecule has 4 saturated carbocycles. The van der Waals surface area contributed by atoms with E-state index in [4.69, 9.17) is 4.84 Å². The summed E-state index contributed by atoms with van der Waals surface area (Å²) in [5.74, 6) is 2.39. The van der Waals surface area contributed by atoms with Gasteiger partial charge >= 0.3 is 5.97 Å². The molecule has 0 bridgehead atoms. The Kier molecular flexibility index (Phi) is 10.2. The van der Waals surface area contributed by atoms with Gasteiger partial charge in [-0.3, -0.25) is 4.90 Å². The summed E-state index contributed by atoms with van der Waals surface area (Å²) in [6.07, 6.45) is 14.0. The van der Waals surface area contributed by atoms with Gasteiger partial charge < -0.3 is 9.94 Å². The van der Waals surface area contributed by atoms with Crippen molar-refractivity contribution >= 4 is 11.5 Å². The molecule has 5 heteroatoms. The van der Waals surface area contributed by atoms with Crippen molar-refractivity contribution < 1.29 is 14.7 Å². The highest BCUT2D eigenvalue weighted by atomic mass is 16.6. The number of carboxylic acid groups (broad SMARTS) is 1. The molecule has 0 amide bonds. The smallest absolute Gasteiger partial charge is 0.335 e. The third-order valence-electron chi connectivity index (χ3n) is 16.5. The summed E-state index contributed by atoms with van der Waals surface area (Å²) in [5, 5.41) is 9.50. The Balaban J connectivity index is 1.24. The predicted octanol–water partition coefficient (Wildman–Crippen LogP) is 10.7. The molecule has 2 N–H and O–H groups in total. The van der Waals surface area contributed by atoms with Gasteiger partial charge in [0, 0.05) is 25.2 Å². The Morgan fingerprint density at radius 2 is 1.60 bits per heavy atom. The number of hydrogen-bond acceptors (Lipinski definition) is 4. The van der Waals surface area contributed by atoms with E-state index in [0.717, 1.165) is 26.1 Å². The lowest BCUT2D eigenvalue weighted by Crippen LogP contribution is -2.65. The van der Waals surface area contributed by atoms with Crippen molar-refractivity contribution in [1.82, 2.24) is 10.4 Å². The fourth-order valence-corrected chi connectivity index (χ4v) is 14.0. The maximum atomic E-state index is 11.6. The quantitative estimate of drug-likeness (QED) is 0.138. The number of carboxylic acids is 1. The van der Waals surface area contributed by atoms with Gasteiger partial charge in [0.2, 0.25) is 0 Å². The summed E-state index contributed by atoms with van der Waals surface area (Å²) < 4.78 is 0. The van der Waals surface area contributed by atoms with E-state index in [1.54, 1.807) is 12.1 Å². The third-order valence-corrected chi connectivity index (χ3v) is 16.5. The topological polar surface area (TPSA) is 61.8 Å². The Labute approximate surface area is 305 Å². The second-order valence-electron chi connectivity index (χ2n) is 19.6. The summed E-state index contributed by atoms with van der Waals surface area (Å²) in [6, 6.07) is 8.70. The number of fused-ring (bicyclic) bond motifs is 7. The van der Waals surface area contributed by atoms with E-state index in [9.17, 15) is 9.90 Å². The molecule has 278 valence electrons. The van der Waals surface area contributed by atoms with Crippen LogP contribution >= 0.6 is 0 Å². The van der Waals surface area contributed by atoms with E-state index in [1.807, 2.05) is 12.1 Å². The van der Waals surface area contributed by atoms with E-state index in [2.05, 4.69) is 92.3 Å². The van der Waals surface area contributed by atoms with Crippen molar-refractivity contribution in [2.75, 3.05) is 19.7 Å². The van der Waals surface area contributed by atoms with Crippen molar-refractivity contribution in [2.45, 2.75) is 139 Å². The Morgan fingerprint density at radius 1 is 0.920 bits per heavy atom. The zero-order valence-electron chi connectivity index (χ0n) is 33.3. The predicted molar refractivity (Wildman–Crippen MR) is 207 cm³/mol. The molecule has 0 heterocycles. The molecule has 6 rings (SSSR count). The molecule has 5 aliphatic carbocycles. The first-order valence-corrected chi connectivity index (χ1v) is 20.2. The first-order chi connectivity index (χ1) is 23.4. The summed E-state index contributed by atoms with van der Waals surface area (Å²) in [5.41, 5.74) is 8.91. The van der Waals surface area contributed by atoms with E-state index in [0.29, 0.717) is 58.1 Å². The normalized spacial score (nSPS) is 39.1. The van der Waals surface area contributed by atoms with Crippen LogP contribution in [0.25, 0.3) is 5.57 Å². The molecule has 5 aliphatic rings. The van der Waals surface area contributed by atoms with Crippen LogP contribution in [0.4, 0.5) is 0 Å². The lowest BCUT2D eigenvalue weighted by atomic mass is 9.32. The number of nitrogens with zero attached hydrogens (tertiary/aromatic N) is 1. The van der Waals surface area contributed by atoms with Crippen LogP contribution in [0.5, 0.6) is 0 Å². The van der Waals surface area contributed by atoms with Crippen molar-refractivity contribution in [1.29, 1.82) is 0 Å². The minimum Gasteiger partial charge on any atom is -0.478 e. The van der Waals surface area contributed by atoms with Crippen molar-refractivity contribution in [3.8, 4) is 0 Å². The molecule has 0 saturated heterocycles. The highest BCUT2D eigenvalue weighted by molar-refractivity contribution is 5.88. The molecule has 4 fully saturated rings. The highest BCUT2D eigenvalue weighted by Crippen LogP contribution is 2.77. The largest absolute Gasteiger partial charge is 0.478 e. The molecule has 4 unspecified atom stereocenters. The molecule has 50 heavy (non-hydrogen) atoms. The number of allylic oxidation sites excluding steroid dienone is 3. The fraction of sp³-hybridized carbons (Fsp3) is 0.756. The van der Waals surface area contributed by atoms with Gasteiger partial charge in [0.15, 0.2) is 0 Å². The van der Waals surface area contributed by atoms with Gasteiger partial charge in [-0.15, -0.1) is 0 Å².